The van der Waals surface area contributed by atoms with E-state index in [4.69, 9.17) is 10.8 Å². The number of fused-ring (bicyclic) bond motifs is 1. The van der Waals surface area contributed by atoms with E-state index in [2.05, 4.69) is 20.3 Å². The molecule has 0 aliphatic heterocycles. The number of aromatic nitrogens is 3. The Morgan fingerprint density at radius 2 is 1.91 bits per heavy atom. The third kappa shape index (κ3) is 4.37. The van der Waals surface area contributed by atoms with Gasteiger partial charge >= 0.3 is 5.97 Å². The van der Waals surface area contributed by atoms with Gasteiger partial charge in [0.1, 0.15) is 5.65 Å². The van der Waals surface area contributed by atoms with Gasteiger partial charge in [0.05, 0.1) is 11.3 Å². The summed E-state index contributed by atoms with van der Waals surface area (Å²) in [4.78, 5) is 45.6. The Bertz CT molecular complexity index is 1190. The fourth-order valence-electron chi connectivity index (χ4n) is 4.48. The van der Waals surface area contributed by atoms with Crippen LogP contribution in [-0.4, -0.2) is 38.5 Å². The van der Waals surface area contributed by atoms with E-state index in [1.807, 2.05) is 19.1 Å². The summed E-state index contributed by atoms with van der Waals surface area (Å²) < 4.78 is 0. The second-order valence-electron chi connectivity index (χ2n) is 8.53. The number of nitrogens with two attached hydrogens (primary N) is 1. The van der Waals surface area contributed by atoms with Crippen molar-refractivity contribution in [3.63, 3.8) is 0 Å². The number of benzene rings is 1. The van der Waals surface area contributed by atoms with Gasteiger partial charge in [-0.05, 0) is 54.9 Å². The number of carboxylic acids is 1. The molecule has 6 N–H and O–H groups in total. The van der Waals surface area contributed by atoms with Crippen molar-refractivity contribution in [2.24, 2.45) is 11.8 Å². The number of nitrogen functional groups attached to an aromatic ring is 1. The zero-order valence-electron chi connectivity index (χ0n) is 17.9. The van der Waals surface area contributed by atoms with Crippen molar-refractivity contribution in [1.29, 1.82) is 0 Å². The van der Waals surface area contributed by atoms with Gasteiger partial charge in [-0.2, -0.15) is 4.98 Å². The first-order valence-corrected chi connectivity index (χ1v) is 10.8. The highest BCUT2D eigenvalue weighted by Crippen LogP contribution is 2.29. The first-order chi connectivity index (χ1) is 15.3. The number of carbonyl (C=O) groups excluding carboxylic acids is 1. The summed E-state index contributed by atoms with van der Waals surface area (Å²) >= 11 is 0. The molecule has 0 bridgehead atoms. The first kappa shape index (κ1) is 21.6. The summed E-state index contributed by atoms with van der Waals surface area (Å²) in [5, 5.41) is 12.5. The molecule has 1 atom stereocenters. The topological polar surface area (TPSA) is 154 Å². The number of anilines is 1. The molecule has 1 saturated carbocycles. The van der Waals surface area contributed by atoms with Crippen LogP contribution < -0.4 is 16.6 Å². The summed E-state index contributed by atoms with van der Waals surface area (Å²) in [7, 11) is 0. The standard InChI is InChI=1S/C23H27N5O4/c1-12(17-11-25-19-18(17)21(30)28-23(24)27-19)14-6-8-15(9-7-14)20(29)26-10-13-2-4-16(5-3-13)22(31)32/h6-9,11-13,16H,2-5,10H2,1H3,(H,26,29)(H,31,32)(H4,24,25,27,28,30)/t12?,13-,16-. The van der Waals surface area contributed by atoms with Gasteiger partial charge in [-0.25, -0.2) is 0 Å². The molecule has 168 valence electrons. The van der Waals surface area contributed by atoms with Crippen LogP contribution in [0, 0.1) is 11.8 Å². The molecule has 1 aromatic carbocycles. The van der Waals surface area contributed by atoms with Gasteiger partial charge in [0.2, 0.25) is 5.95 Å². The minimum atomic E-state index is -0.723. The molecule has 1 aliphatic rings. The van der Waals surface area contributed by atoms with E-state index in [1.165, 1.54) is 0 Å². The lowest BCUT2D eigenvalue weighted by Crippen LogP contribution is -2.32. The fourth-order valence-corrected chi connectivity index (χ4v) is 4.48. The van der Waals surface area contributed by atoms with Crippen LogP contribution in [0.2, 0.25) is 0 Å². The number of carbonyl (C=O) groups is 2. The quantitative estimate of drug-likeness (QED) is 0.399. The molecule has 0 saturated heterocycles. The molecule has 0 radical (unpaired) electrons. The Morgan fingerprint density at radius 1 is 1.22 bits per heavy atom. The smallest absolute Gasteiger partial charge is 0.306 e. The molecule has 1 amide bonds. The monoisotopic (exact) mass is 437 g/mol. The predicted octanol–water partition coefficient (Wildman–Crippen LogP) is 2.61. The Labute approximate surface area is 184 Å². The Kier molecular flexibility index (Phi) is 5.98. The average molecular weight is 438 g/mol. The fraction of sp³-hybridized carbons (Fsp3) is 0.391. The zero-order valence-corrected chi connectivity index (χ0v) is 17.9. The Morgan fingerprint density at radius 3 is 2.56 bits per heavy atom. The number of nitrogens with zero attached hydrogens (tertiary/aromatic N) is 1. The number of aromatic amines is 2. The van der Waals surface area contributed by atoms with Crippen molar-refractivity contribution in [3.8, 4) is 0 Å². The van der Waals surface area contributed by atoms with Gasteiger partial charge in [0.15, 0.2) is 0 Å². The number of H-pyrrole nitrogens is 2. The van der Waals surface area contributed by atoms with E-state index < -0.39 is 5.97 Å². The lowest BCUT2D eigenvalue weighted by Gasteiger charge is -2.26. The van der Waals surface area contributed by atoms with Crippen LogP contribution in [-0.2, 0) is 4.79 Å². The number of carboxylic acid groups (broad SMARTS) is 1. The molecule has 4 rings (SSSR count). The predicted molar refractivity (Wildman–Crippen MR) is 121 cm³/mol. The number of rotatable bonds is 6. The van der Waals surface area contributed by atoms with E-state index in [0.717, 1.165) is 24.0 Å². The van der Waals surface area contributed by atoms with Gasteiger partial charge in [-0.3, -0.25) is 19.4 Å². The SMILES string of the molecule is CC(c1ccc(C(=O)NC[C@H]2CC[C@H](C(=O)O)CC2)cc1)c1c[nH]c2nc(N)[nH]c(=O)c12. The molecule has 2 aromatic heterocycles. The second-order valence-corrected chi connectivity index (χ2v) is 8.53. The molecule has 9 heteroatoms. The lowest BCUT2D eigenvalue weighted by molar-refractivity contribution is -0.143. The summed E-state index contributed by atoms with van der Waals surface area (Å²) in [5.41, 5.74) is 8.10. The van der Waals surface area contributed by atoms with E-state index in [0.29, 0.717) is 41.9 Å². The van der Waals surface area contributed by atoms with Gasteiger partial charge in [-0.1, -0.05) is 19.1 Å². The van der Waals surface area contributed by atoms with E-state index in [9.17, 15) is 14.4 Å². The highest BCUT2D eigenvalue weighted by molar-refractivity contribution is 5.94. The maximum absolute atomic E-state index is 12.5. The Balaban J connectivity index is 1.39. The third-order valence-corrected chi connectivity index (χ3v) is 6.48. The van der Waals surface area contributed by atoms with E-state index in [1.54, 1.807) is 18.3 Å². The number of hydrogen-bond donors (Lipinski definition) is 5. The van der Waals surface area contributed by atoms with Crippen LogP contribution in [0.4, 0.5) is 5.95 Å². The number of aliphatic carboxylic acids is 1. The maximum atomic E-state index is 12.5. The van der Waals surface area contributed by atoms with Crippen LogP contribution in [0.1, 0.15) is 60.0 Å². The van der Waals surface area contributed by atoms with E-state index in [-0.39, 0.29) is 29.3 Å². The molecular weight excluding hydrogens is 410 g/mol. The van der Waals surface area contributed by atoms with E-state index >= 15 is 0 Å². The van der Waals surface area contributed by atoms with Crippen molar-refractivity contribution in [1.82, 2.24) is 20.3 Å². The minimum Gasteiger partial charge on any atom is -0.481 e. The van der Waals surface area contributed by atoms with Crippen LogP contribution in [0.3, 0.4) is 0 Å². The van der Waals surface area contributed by atoms with Crippen LogP contribution in [0.25, 0.3) is 11.0 Å². The zero-order chi connectivity index (χ0) is 22.8. The van der Waals surface area contributed by atoms with Crippen LogP contribution in [0.15, 0.2) is 35.3 Å². The third-order valence-electron chi connectivity index (χ3n) is 6.48. The van der Waals surface area contributed by atoms with Crippen molar-refractivity contribution in [2.75, 3.05) is 12.3 Å². The molecule has 3 aromatic rings. The van der Waals surface area contributed by atoms with Crippen molar-refractivity contribution >= 4 is 28.9 Å². The molecule has 1 aliphatic carbocycles. The normalized spacial score (nSPS) is 19.5. The average Bonchev–Trinajstić information content (AvgIpc) is 3.21. The first-order valence-electron chi connectivity index (χ1n) is 10.8. The summed E-state index contributed by atoms with van der Waals surface area (Å²) in [5.74, 6) is -0.827. The summed E-state index contributed by atoms with van der Waals surface area (Å²) in [6, 6.07) is 7.32. The maximum Gasteiger partial charge on any atom is 0.306 e. The van der Waals surface area contributed by atoms with Crippen molar-refractivity contribution < 1.29 is 14.7 Å². The molecule has 9 nitrogen and oxygen atoms in total. The van der Waals surface area contributed by atoms with Crippen LogP contribution in [0.5, 0.6) is 0 Å². The molecule has 1 fully saturated rings. The highest BCUT2D eigenvalue weighted by atomic mass is 16.4. The van der Waals surface area contributed by atoms with Crippen LogP contribution >= 0.6 is 0 Å². The van der Waals surface area contributed by atoms with Crippen molar-refractivity contribution in [3.05, 3.63) is 57.5 Å². The lowest BCUT2D eigenvalue weighted by atomic mass is 9.82. The second kappa shape index (κ2) is 8.86. The molecule has 32 heavy (non-hydrogen) atoms. The van der Waals surface area contributed by atoms with Gasteiger partial charge in [0, 0.05) is 24.2 Å². The molecular formula is C23H27N5O4. The largest absolute Gasteiger partial charge is 0.481 e. The Hall–Kier alpha value is -3.62. The highest BCUT2D eigenvalue weighted by Gasteiger charge is 2.26. The number of hydrogen-bond acceptors (Lipinski definition) is 5. The van der Waals surface area contributed by atoms with Gasteiger partial charge < -0.3 is 21.1 Å². The minimum absolute atomic E-state index is 0.0637. The van der Waals surface area contributed by atoms with Crippen molar-refractivity contribution in [2.45, 2.75) is 38.5 Å². The number of nitrogens with one attached hydrogen (secondary N) is 3. The van der Waals surface area contributed by atoms with Gasteiger partial charge in [-0.15, -0.1) is 0 Å². The molecule has 2 heterocycles. The summed E-state index contributed by atoms with van der Waals surface area (Å²) in [6.45, 7) is 2.54. The van der Waals surface area contributed by atoms with Gasteiger partial charge in [0.25, 0.3) is 11.5 Å². The molecule has 0 spiro atoms. The number of amides is 1. The molecule has 1 unspecified atom stereocenters. The summed E-state index contributed by atoms with van der Waals surface area (Å²) in [6.07, 6.45) is 4.73.